The molecule has 8 nitrogen and oxygen atoms in total. The predicted molar refractivity (Wildman–Crippen MR) is 102 cm³/mol. The molecule has 0 aliphatic heterocycles. The van der Waals surface area contributed by atoms with Gasteiger partial charge in [-0.1, -0.05) is 35.1 Å². The largest absolute Gasteiger partial charge is 0.382 e. The third-order valence-electron chi connectivity index (χ3n) is 2.82. The second-order valence-electron chi connectivity index (χ2n) is 4.53. The van der Waals surface area contributed by atoms with E-state index in [-0.39, 0.29) is 22.4 Å². The summed E-state index contributed by atoms with van der Waals surface area (Å²) in [5.41, 5.74) is 0.511. The molecule has 2 N–H and O–H groups in total. The second kappa shape index (κ2) is 9.80. The Kier molecular flexibility index (Phi) is 7.75. The number of hydrogen-bond acceptors (Lipinski definition) is 9. The van der Waals surface area contributed by atoms with Crippen molar-refractivity contribution in [1.29, 1.82) is 0 Å². The van der Waals surface area contributed by atoms with E-state index in [0.717, 1.165) is 4.34 Å². The number of hydrogen-bond donors (Lipinski definition) is 2. The average Bonchev–Trinajstić information content (AvgIpc) is 3.06. The molecule has 0 atom stereocenters. The fourth-order valence-corrected chi connectivity index (χ4v) is 3.96. The highest BCUT2D eigenvalue weighted by molar-refractivity contribution is 8.01. The van der Waals surface area contributed by atoms with Gasteiger partial charge in [0.25, 0.3) is 5.69 Å². The van der Waals surface area contributed by atoms with Gasteiger partial charge in [0.1, 0.15) is 0 Å². The lowest BCUT2D eigenvalue weighted by Crippen LogP contribution is -2.30. The number of carbonyl (C=O) groups excluding carboxylic acids is 1. The Labute approximate surface area is 161 Å². The van der Waals surface area contributed by atoms with E-state index in [1.165, 1.54) is 53.3 Å². The summed E-state index contributed by atoms with van der Waals surface area (Å²) >= 11 is 10.0. The van der Waals surface area contributed by atoms with Crippen LogP contribution in [0.5, 0.6) is 0 Å². The molecule has 0 saturated carbocycles. The molecule has 0 aliphatic rings. The number of nitro benzene ring substituents is 1. The summed E-state index contributed by atoms with van der Waals surface area (Å²) in [5, 5.41) is 17.4. The Hall–Kier alpha value is -1.56. The predicted octanol–water partition coefficient (Wildman–Crippen LogP) is 3.14. The van der Waals surface area contributed by atoms with Gasteiger partial charge in [0.05, 0.1) is 21.4 Å². The number of non-ortho nitro benzene ring substituents is 1. The first-order valence-corrected chi connectivity index (χ1v) is 10.3. The van der Waals surface area contributed by atoms with Crippen molar-refractivity contribution in [1.82, 2.24) is 14.7 Å². The van der Waals surface area contributed by atoms with Crippen molar-refractivity contribution in [3.05, 3.63) is 33.3 Å². The topological polar surface area (TPSA) is 110 Å². The lowest BCUT2D eigenvalue weighted by Gasteiger charge is -2.09. The molecule has 0 spiro atoms. The van der Waals surface area contributed by atoms with E-state index in [0.29, 0.717) is 23.9 Å². The van der Waals surface area contributed by atoms with Gasteiger partial charge in [-0.05, 0) is 23.9 Å². The first-order chi connectivity index (χ1) is 12.0. The van der Waals surface area contributed by atoms with Gasteiger partial charge in [-0.15, -0.1) is 0 Å². The van der Waals surface area contributed by atoms with Crippen molar-refractivity contribution < 1.29 is 9.72 Å². The summed E-state index contributed by atoms with van der Waals surface area (Å²) < 4.78 is 4.88. The molecule has 2 rings (SSSR count). The fraction of sp³-hybridized carbons (Fsp3) is 0.308. The molecule has 1 heterocycles. The van der Waals surface area contributed by atoms with Crippen molar-refractivity contribution in [3.8, 4) is 0 Å². The van der Waals surface area contributed by atoms with E-state index in [9.17, 15) is 14.9 Å². The zero-order chi connectivity index (χ0) is 18.2. The van der Waals surface area contributed by atoms with Gasteiger partial charge in [0.15, 0.2) is 4.34 Å². The van der Waals surface area contributed by atoms with Crippen LogP contribution in [-0.2, 0) is 4.79 Å². The molecule has 1 amide bonds. The number of amides is 1. The zero-order valence-corrected chi connectivity index (χ0v) is 16.2. The van der Waals surface area contributed by atoms with Gasteiger partial charge >= 0.3 is 0 Å². The number of nitrogens with zero attached hydrogens (tertiary/aromatic N) is 3. The van der Waals surface area contributed by atoms with Crippen molar-refractivity contribution in [3.63, 3.8) is 0 Å². The number of rotatable bonds is 9. The van der Waals surface area contributed by atoms with Gasteiger partial charge in [0, 0.05) is 25.2 Å². The van der Waals surface area contributed by atoms with E-state index in [1.807, 2.05) is 6.26 Å². The van der Waals surface area contributed by atoms with Crippen LogP contribution in [-0.4, -0.2) is 45.3 Å². The maximum absolute atomic E-state index is 11.8. The molecule has 25 heavy (non-hydrogen) atoms. The molecule has 0 bridgehead atoms. The summed E-state index contributed by atoms with van der Waals surface area (Å²) in [4.78, 5) is 26.2. The summed E-state index contributed by atoms with van der Waals surface area (Å²) in [7, 11) is 0. The Bertz CT molecular complexity index is 758. The monoisotopic (exact) mass is 419 g/mol. The van der Waals surface area contributed by atoms with E-state index in [1.54, 1.807) is 0 Å². The molecule has 0 fully saturated rings. The van der Waals surface area contributed by atoms with Crippen molar-refractivity contribution in [2.24, 2.45) is 0 Å². The number of nitro groups is 1. The minimum Gasteiger partial charge on any atom is -0.382 e. The molecule has 12 heteroatoms. The van der Waals surface area contributed by atoms with Gasteiger partial charge in [-0.2, -0.15) is 4.37 Å². The second-order valence-corrected chi connectivity index (χ2v) is 7.69. The highest BCUT2D eigenvalue weighted by Gasteiger charge is 2.10. The van der Waals surface area contributed by atoms with E-state index < -0.39 is 4.92 Å². The van der Waals surface area contributed by atoms with Crippen LogP contribution in [0.15, 0.2) is 27.7 Å². The quantitative estimate of drug-likeness (QED) is 0.276. The number of benzene rings is 1. The van der Waals surface area contributed by atoms with E-state index in [4.69, 9.17) is 11.6 Å². The van der Waals surface area contributed by atoms with Gasteiger partial charge in [-0.3, -0.25) is 14.9 Å². The van der Waals surface area contributed by atoms with Gasteiger partial charge < -0.3 is 10.6 Å². The van der Waals surface area contributed by atoms with E-state index >= 15 is 0 Å². The number of nitrogens with one attached hydrogen (secondary N) is 2. The lowest BCUT2D eigenvalue weighted by molar-refractivity contribution is -0.384. The molecule has 2 aromatic rings. The van der Waals surface area contributed by atoms with Crippen LogP contribution in [0, 0.1) is 10.1 Å². The third kappa shape index (κ3) is 6.34. The fourth-order valence-electron chi connectivity index (χ4n) is 1.68. The maximum Gasteiger partial charge on any atom is 0.271 e. The summed E-state index contributed by atoms with van der Waals surface area (Å²) in [6, 6.07) is 4.19. The molecule has 1 aromatic heterocycles. The van der Waals surface area contributed by atoms with Gasteiger partial charge in [-0.25, -0.2) is 4.98 Å². The summed E-state index contributed by atoms with van der Waals surface area (Å²) in [6.07, 6.45) is 1.90. The van der Waals surface area contributed by atoms with Crippen LogP contribution in [0.4, 0.5) is 11.4 Å². The Morgan fingerprint density at radius 2 is 2.24 bits per heavy atom. The van der Waals surface area contributed by atoms with Crippen LogP contribution >= 0.6 is 46.7 Å². The van der Waals surface area contributed by atoms with Crippen molar-refractivity contribution in [2.75, 3.05) is 30.4 Å². The molecular formula is C13H14ClN5O3S3. The Morgan fingerprint density at radius 1 is 1.44 bits per heavy atom. The Balaban J connectivity index is 1.68. The first kappa shape index (κ1) is 19.8. The molecule has 0 saturated heterocycles. The number of halogens is 1. The smallest absolute Gasteiger partial charge is 0.271 e. The van der Waals surface area contributed by atoms with Crippen LogP contribution in [0.1, 0.15) is 0 Å². The standard InChI is InChI=1S/C13H14ClN5O3S3/c1-23-12-17-13(25-18-12)24-7-11(20)16-5-4-15-10-3-2-8(19(21)22)6-9(10)14/h2-3,6,15H,4-5,7H2,1H3,(H,16,20). The van der Waals surface area contributed by atoms with Crippen LogP contribution in [0.2, 0.25) is 5.02 Å². The normalized spacial score (nSPS) is 10.5. The molecule has 134 valence electrons. The molecule has 0 aliphatic carbocycles. The summed E-state index contributed by atoms with van der Waals surface area (Å²) in [5.74, 6) is 0.156. The highest BCUT2D eigenvalue weighted by atomic mass is 35.5. The minimum atomic E-state index is -0.506. The lowest BCUT2D eigenvalue weighted by atomic mass is 10.3. The van der Waals surface area contributed by atoms with Crippen LogP contribution in [0.25, 0.3) is 0 Å². The first-order valence-electron chi connectivity index (χ1n) is 6.94. The molecular weight excluding hydrogens is 406 g/mol. The Morgan fingerprint density at radius 3 is 2.88 bits per heavy atom. The summed E-state index contributed by atoms with van der Waals surface area (Å²) in [6.45, 7) is 0.849. The van der Waals surface area contributed by atoms with E-state index in [2.05, 4.69) is 20.0 Å². The number of aromatic nitrogens is 2. The molecule has 0 radical (unpaired) electrons. The third-order valence-corrected chi connectivity index (χ3v) is 5.63. The number of anilines is 1. The van der Waals surface area contributed by atoms with Crippen LogP contribution < -0.4 is 10.6 Å². The number of thioether (sulfide) groups is 2. The average molecular weight is 420 g/mol. The highest BCUT2D eigenvalue weighted by Crippen LogP contribution is 2.26. The minimum absolute atomic E-state index is 0.0674. The van der Waals surface area contributed by atoms with Crippen molar-refractivity contribution >= 4 is 63.9 Å². The molecule has 1 aromatic carbocycles. The van der Waals surface area contributed by atoms with Crippen LogP contribution in [0.3, 0.4) is 0 Å². The maximum atomic E-state index is 11.8. The SMILES string of the molecule is CSc1nsc(SCC(=O)NCCNc2ccc([N+](=O)[O-])cc2Cl)n1. The number of carbonyl (C=O) groups is 1. The zero-order valence-electron chi connectivity index (χ0n) is 13.0. The van der Waals surface area contributed by atoms with Crippen molar-refractivity contribution in [2.45, 2.75) is 9.50 Å². The van der Waals surface area contributed by atoms with Gasteiger partial charge in [0.2, 0.25) is 11.1 Å². The molecule has 0 unspecified atom stereocenters.